The number of aryl methyl sites for hydroxylation is 1. The topological polar surface area (TPSA) is 105 Å². The number of hydrogen-bond donors (Lipinski definition) is 1. The Labute approximate surface area is 173 Å². The van der Waals surface area contributed by atoms with E-state index >= 15 is 0 Å². The van der Waals surface area contributed by atoms with E-state index in [-0.39, 0.29) is 23.1 Å². The number of sulfonamides is 1. The molecular weight excluding hydrogens is 416 g/mol. The highest BCUT2D eigenvalue weighted by atomic mass is 35.5. The van der Waals surface area contributed by atoms with E-state index < -0.39 is 22.5 Å². The van der Waals surface area contributed by atoms with Crippen LogP contribution in [0.1, 0.15) is 11.5 Å². The predicted molar refractivity (Wildman–Crippen MR) is 110 cm³/mol. The first-order valence-electron chi connectivity index (χ1n) is 8.62. The Bertz CT molecular complexity index is 1130. The van der Waals surface area contributed by atoms with Gasteiger partial charge in [0.1, 0.15) is 6.54 Å². The van der Waals surface area contributed by atoms with Gasteiger partial charge in [-0.3, -0.25) is 9.10 Å². The molecule has 0 aliphatic heterocycles. The molecule has 3 rings (SSSR count). The Hall–Kier alpha value is -2.91. The van der Waals surface area contributed by atoms with Crippen molar-refractivity contribution in [2.45, 2.75) is 13.5 Å². The third-order valence-corrected chi connectivity index (χ3v) is 5.44. The quantitative estimate of drug-likeness (QED) is 0.613. The second-order valence-corrected chi connectivity index (χ2v) is 8.69. The van der Waals surface area contributed by atoms with Crippen LogP contribution in [0.15, 0.2) is 53.1 Å². The predicted octanol–water partition coefficient (Wildman–Crippen LogP) is 2.78. The number of para-hydroxylation sites is 1. The fraction of sp³-hybridized carbons (Fsp3) is 0.211. The molecule has 1 heterocycles. The number of carbonyl (C=O) groups excluding carboxylic acids is 1. The molecule has 1 aromatic heterocycles. The molecule has 10 heteroatoms. The van der Waals surface area contributed by atoms with E-state index in [1.807, 2.05) is 31.2 Å². The maximum atomic E-state index is 12.3. The highest BCUT2D eigenvalue weighted by Crippen LogP contribution is 2.26. The van der Waals surface area contributed by atoms with Crippen molar-refractivity contribution in [3.05, 3.63) is 65.0 Å². The summed E-state index contributed by atoms with van der Waals surface area (Å²) >= 11 is 6.08. The lowest BCUT2D eigenvalue weighted by Gasteiger charge is -2.22. The maximum absolute atomic E-state index is 12.3. The van der Waals surface area contributed by atoms with Gasteiger partial charge in [0, 0.05) is 5.56 Å². The summed E-state index contributed by atoms with van der Waals surface area (Å²) in [6.07, 6.45) is 1.01. The Kier molecular flexibility index (Phi) is 6.19. The molecule has 0 spiro atoms. The number of nitrogens with one attached hydrogen (secondary N) is 1. The second-order valence-electron chi connectivity index (χ2n) is 6.38. The highest BCUT2D eigenvalue weighted by Gasteiger charge is 2.23. The van der Waals surface area contributed by atoms with Crippen LogP contribution in [0.25, 0.3) is 11.4 Å². The number of hydrogen-bond acceptors (Lipinski definition) is 6. The minimum Gasteiger partial charge on any atom is -0.345 e. The summed E-state index contributed by atoms with van der Waals surface area (Å²) < 4.78 is 30.4. The lowest BCUT2D eigenvalue weighted by Crippen LogP contribution is -2.40. The van der Waals surface area contributed by atoms with Gasteiger partial charge >= 0.3 is 0 Å². The fourth-order valence-corrected chi connectivity index (χ4v) is 3.78. The molecule has 0 atom stereocenters. The van der Waals surface area contributed by atoms with Gasteiger partial charge in [-0.05, 0) is 25.1 Å². The molecule has 0 radical (unpaired) electrons. The number of anilines is 1. The Morgan fingerprint density at radius 3 is 2.66 bits per heavy atom. The molecule has 1 N–H and O–H groups in total. The highest BCUT2D eigenvalue weighted by molar-refractivity contribution is 7.92. The summed E-state index contributed by atoms with van der Waals surface area (Å²) in [7, 11) is -3.72. The number of benzene rings is 2. The van der Waals surface area contributed by atoms with Crippen LogP contribution in [0.4, 0.5) is 5.69 Å². The molecule has 1 amide bonds. The van der Waals surface area contributed by atoms with Crippen LogP contribution < -0.4 is 9.62 Å². The minimum atomic E-state index is -3.72. The third kappa shape index (κ3) is 5.33. The molecule has 0 unspecified atom stereocenters. The first-order valence-corrected chi connectivity index (χ1v) is 10.9. The Morgan fingerprint density at radius 2 is 1.97 bits per heavy atom. The van der Waals surface area contributed by atoms with E-state index in [0.29, 0.717) is 5.82 Å². The molecule has 8 nitrogen and oxygen atoms in total. The summed E-state index contributed by atoms with van der Waals surface area (Å²) in [6.45, 7) is 1.50. The fourth-order valence-electron chi connectivity index (χ4n) is 2.62. The molecule has 0 aliphatic carbocycles. The van der Waals surface area contributed by atoms with Gasteiger partial charge in [-0.2, -0.15) is 4.98 Å². The summed E-state index contributed by atoms with van der Waals surface area (Å²) in [5, 5.41) is 6.71. The number of halogens is 1. The van der Waals surface area contributed by atoms with E-state index in [4.69, 9.17) is 16.1 Å². The molecule has 152 valence electrons. The summed E-state index contributed by atoms with van der Waals surface area (Å²) in [5.41, 5.74) is 2.09. The largest absolute Gasteiger partial charge is 0.345 e. The monoisotopic (exact) mass is 434 g/mol. The summed E-state index contributed by atoms with van der Waals surface area (Å²) in [4.78, 5) is 16.6. The van der Waals surface area contributed by atoms with Crippen molar-refractivity contribution in [3.63, 3.8) is 0 Å². The van der Waals surface area contributed by atoms with Gasteiger partial charge < -0.3 is 9.84 Å². The third-order valence-electron chi connectivity index (χ3n) is 3.99. The van der Waals surface area contributed by atoms with E-state index in [1.54, 1.807) is 18.2 Å². The molecule has 0 fully saturated rings. The van der Waals surface area contributed by atoms with Crippen LogP contribution >= 0.6 is 11.6 Å². The van der Waals surface area contributed by atoms with Crippen molar-refractivity contribution in [1.29, 1.82) is 0 Å². The van der Waals surface area contributed by atoms with Crippen molar-refractivity contribution in [1.82, 2.24) is 15.5 Å². The normalized spacial score (nSPS) is 11.3. The van der Waals surface area contributed by atoms with Crippen LogP contribution in [0.3, 0.4) is 0 Å². The average molecular weight is 435 g/mol. The number of carbonyl (C=O) groups is 1. The van der Waals surface area contributed by atoms with Crippen molar-refractivity contribution >= 4 is 33.2 Å². The molecule has 0 saturated heterocycles. The van der Waals surface area contributed by atoms with Gasteiger partial charge in [0.25, 0.3) is 0 Å². The summed E-state index contributed by atoms with van der Waals surface area (Å²) in [5.74, 6) is 0.0796. The van der Waals surface area contributed by atoms with Crippen molar-refractivity contribution in [2.75, 3.05) is 17.1 Å². The molecule has 29 heavy (non-hydrogen) atoms. The molecule has 2 aromatic carbocycles. The van der Waals surface area contributed by atoms with Crippen molar-refractivity contribution in [2.24, 2.45) is 0 Å². The van der Waals surface area contributed by atoms with Gasteiger partial charge in [-0.15, -0.1) is 0 Å². The van der Waals surface area contributed by atoms with Crippen LogP contribution in [0.2, 0.25) is 5.02 Å². The van der Waals surface area contributed by atoms with Crippen LogP contribution in [-0.2, 0) is 21.4 Å². The van der Waals surface area contributed by atoms with Gasteiger partial charge in [-0.25, -0.2) is 8.42 Å². The maximum Gasteiger partial charge on any atom is 0.246 e. The van der Waals surface area contributed by atoms with Crippen molar-refractivity contribution < 1.29 is 17.7 Å². The van der Waals surface area contributed by atoms with Gasteiger partial charge in [-0.1, -0.05) is 52.7 Å². The minimum absolute atomic E-state index is 0.0300. The molecule has 3 aromatic rings. The van der Waals surface area contributed by atoms with Gasteiger partial charge in [0.15, 0.2) is 0 Å². The Balaban J connectivity index is 1.67. The van der Waals surface area contributed by atoms with E-state index in [1.165, 1.54) is 6.07 Å². The van der Waals surface area contributed by atoms with Gasteiger partial charge in [0.2, 0.25) is 27.6 Å². The smallest absolute Gasteiger partial charge is 0.246 e. The number of rotatable bonds is 7. The number of aromatic nitrogens is 2. The zero-order valence-electron chi connectivity index (χ0n) is 15.8. The standard InChI is InChI=1S/C19H19ClN4O4S/c1-13-6-5-7-14(10-13)19-22-18(28-23-19)11-21-17(25)12-24(29(2,26)27)16-9-4-3-8-15(16)20/h3-10H,11-12H2,1-2H3,(H,21,25). The Morgan fingerprint density at radius 1 is 1.21 bits per heavy atom. The van der Waals surface area contributed by atoms with Crippen LogP contribution in [-0.4, -0.2) is 37.3 Å². The van der Waals surface area contributed by atoms with E-state index in [2.05, 4.69) is 15.5 Å². The van der Waals surface area contributed by atoms with Gasteiger partial charge in [0.05, 0.1) is 23.5 Å². The van der Waals surface area contributed by atoms with Crippen LogP contribution in [0, 0.1) is 6.92 Å². The van der Waals surface area contributed by atoms with E-state index in [9.17, 15) is 13.2 Å². The lowest BCUT2D eigenvalue weighted by atomic mass is 10.1. The molecule has 0 aliphatic rings. The second kappa shape index (κ2) is 8.62. The lowest BCUT2D eigenvalue weighted by molar-refractivity contribution is -0.119. The molecular formula is C19H19ClN4O4S. The van der Waals surface area contributed by atoms with Crippen LogP contribution in [0.5, 0.6) is 0 Å². The first-order chi connectivity index (χ1) is 13.7. The first kappa shape index (κ1) is 20.8. The summed E-state index contributed by atoms with van der Waals surface area (Å²) in [6, 6.07) is 14.0. The number of nitrogens with zero attached hydrogens (tertiary/aromatic N) is 3. The van der Waals surface area contributed by atoms with Crippen molar-refractivity contribution in [3.8, 4) is 11.4 Å². The molecule has 0 saturated carbocycles. The van der Waals surface area contributed by atoms with E-state index in [0.717, 1.165) is 21.7 Å². The SMILES string of the molecule is Cc1cccc(-c2noc(CNC(=O)CN(c3ccccc3Cl)S(C)(=O)=O)n2)c1. The zero-order chi connectivity index (χ0) is 21.0. The average Bonchev–Trinajstić information content (AvgIpc) is 3.13. The zero-order valence-corrected chi connectivity index (χ0v) is 17.4. The molecule has 0 bridgehead atoms. The number of amides is 1.